The number of ether oxygens (including phenoxy) is 1. The minimum atomic E-state index is -0.0827. The van der Waals surface area contributed by atoms with Gasteiger partial charge in [0.15, 0.2) is 0 Å². The van der Waals surface area contributed by atoms with Crippen molar-refractivity contribution in [1.29, 1.82) is 0 Å². The number of amides is 1. The van der Waals surface area contributed by atoms with Crippen LogP contribution in [0.1, 0.15) is 29.6 Å². The van der Waals surface area contributed by atoms with Crippen molar-refractivity contribution >= 4 is 21.8 Å². The van der Waals surface area contributed by atoms with Gasteiger partial charge in [0.05, 0.1) is 11.6 Å². The third-order valence-electron chi connectivity index (χ3n) is 3.30. The van der Waals surface area contributed by atoms with Gasteiger partial charge >= 0.3 is 0 Å². The van der Waals surface area contributed by atoms with E-state index in [1.165, 1.54) is 0 Å². The number of carbonyl (C=O) groups excluding carboxylic acids is 1. The Morgan fingerprint density at radius 3 is 2.83 bits per heavy atom. The highest BCUT2D eigenvalue weighted by molar-refractivity contribution is 9.10. The molecule has 0 heterocycles. The molecule has 1 aromatic rings. The SMILES string of the molecule is COc1ccc(C(=O)NC2CCCC2N)cc1Br. The zero-order chi connectivity index (χ0) is 13.1. The molecule has 4 nitrogen and oxygen atoms in total. The summed E-state index contributed by atoms with van der Waals surface area (Å²) in [6.45, 7) is 0. The second-order valence-corrected chi connectivity index (χ2v) is 5.38. The minimum absolute atomic E-state index is 0.0793. The number of hydrogen-bond acceptors (Lipinski definition) is 3. The van der Waals surface area contributed by atoms with Crippen LogP contribution in [-0.4, -0.2) is 25.1 Å². The van der Waals surface area contributed by atoms with E-state index < -0.39 is 0 Å². The summed E-state index contributed by atoms with van der Waals surface area (Å²) in [5.41, 5.74) is 6.55. The molecule has 2 unspecified atom stereocenters. The second kappa shape index (κ2) is 5.71. The zero-order valence-electron chi connectivity index (χ0n) is 10.3. The molecule has 1 aliphatic carbocycles. The first-order valence-electron chi connectivity index (χ1n) is 6.02. The van der Waals surface area contributed by atoms with Gasteiger partial charge in [-0.2, -0.15) is 0 Å². The summed E-state index contributed by atoms with van der Waals surface area (Å²) in [4.78, 5) is 12.1. The van der Waals surface area contributed by atoms with Crippen LogP contribution in [0.15, 0.2) is 22.7 Å². The van der Waals surface area contributed by atoms with Gasteiger partial charge in [0, 0.05) is 17.6 Å². The van der Waals surface area contributed by atoms with Gasteiger partial charge in [0.2, 0.25) is 0 Å². The molecule has 1 aromatic carbocycles. The molecule has 1 fully saturated rings. The number of methoxy groups -OCH3 is 1. The van der Waals surface area contributed by atoms with Crippen LogP contribution < -0.4 is 15.8 Å². The summed E-state index contributed by atoms with van der Waals surface area (Å²) in [7, 11) is 1.59. The fraction of sp³-hybridized carbons (Fsp3) is 0.462. The average molecular weight is 313 g/mol. The summed E-state index contributed by atoms with van der Waals surface area (Å²) < 4.78 is 5.90. The van der Waals surface area contributed by atoms with Crippen molar-refractivity contribution in [3.8, 4) is 5.75 Å². The monoisotopic (exact) mass is 312 g/mol. The molecule has 0 spiro atoms. The summed E-state index contributed by atoms with van der Waals surface area (Å²) >= 11 is 3.37. The summed E-state index contributed by atoms with van der Waals surface area (Å²) in [5, 5.41) is 2.98. The maximum atomic E-state index is 12.1. The smallest absolute Gasteiger partial charge is 0.251 e. The molecule has 0 aliphatic heterocycles. The van der Waals surface area contributed by atoms with E-state index in [2.05, 4.69) is 21.2 Å². The van der Waals surface area contributed by atoms with Gasteiger partial charge in [-0.3, -0.25) is 4.79 Å². The molecular weight excluding hydrogens is 296 g/mol. The van der Waals surface area contributed by atoms with Crippen LogP contribution in [0.4, 0.5) is 0 Å². The number of nitrogens with one attached hydrogen (secondary N) is 1. The molecule has 1 saturated carbocycles. The molecule has 0 bridgehead atoms. The first-order valence-corrected chi connectivity index (χ1v) is 6.81. The lowest BCUT2D eigenvalue weighted by atomic mass is 10.1. The van der Waals surface area contributed by atoms with Crippen molar-refractivity contribution in [3.05, 3.63) is 28.2 Å². The molecule has 2 rings (SSSR count). The molecule has 1 aliphatic rings. The van der Waals surface area contributed by atoms with E-state index in [1.807, 2.05) is 0 Å². The summed E-state index contributed by atoms with van der Waals surface area (Å²) in [6, 6.07) is 5.45. The maximum Gasteiger partial charge on any atom is 0.251 e. The molecular formula is C13H17BrN2O2. The first-order chi connectivity index (χ1) is 8.61. The predicted molar refractivity (Wildman–Crippen MR) is 73.8 cm³/mol. The standard InChI is InChI=1S/C13H17BrN2O2/c1-18-12-6-5-8(7-9(12)14)13(17)16-11-4-2-3-10(11)15/h5-7,10-11H,2-4,15H2,1H3,(H,16,17). The quantitative estimate of drug-likeness (QED) is 0.898. The highest BCUT2D eigenvalue weighted by Gasteiger charge is 2.25. The fourth-order valence-corrected chi connectivity index (χ4v) is 2.77. The van der Waals surface area contributed by atoms with Crippen molar-refractivity contribution in [2.45, 2.75) is 31.3 Å². The molecule has 98 valence electrons. The number of halogens is 1. The van der Waals surface area contributed by atoms with Gasteiger partial charge in [-0.05, 0) is 53.4 Å². The van der Waals surface area contributed by atoms with E-state index in [9.17, 15) is 4.79 Å². The van der Waals surface area contributed by atoms with Gasteiger partial charge in [0.25, 0.3) is 5.91 Å². The van der Waals surface area contributed by atoms with Crippen LogP contribution in [0, 0.1) is 0 Å². The highest BCUT2D eigenvalue weighted by atomic mass is 79.9. The lowest BCUT2D eigenvalue weighted by molar-refractivity contribution is 0.0934. The molecule has 0 aromatic heterocycles. The van der Waals surface area contributed by atoms with Crippen LogP contribution in [0.5, 0.6) is 5.75 Å². The number of nitrogens with two attached hydrogens (primary N) is 1. The van der Waals surface area contributed by atoms with Crippen LogP contribution in [0.3, 0.4) is 0 Å². The van der Waals surface area contributed by atoms with Gasteiger partial charge in [-0.25, -0.2) is 0 Å². The molecule has 3 N–H and O–H groups in total. The lowest BCUT2D eigenvalue weighted by Crippen LogP contribution is -2.43. The largest absolute Gasteiger partial charge is 0.496 e. The normalized spacial score (nSPS) is 22.8. The third kappa shape index (κ3) is 2.84. The Balaban J connectivity index is 2.07. The van der Waals surface area contributed by atoms with Crippen molar-refractivity contribution in [1.82, 2.24) is 5.32 Å². The van der Waals surface area contributed by atoms with E-state index in [1.54, 1.807) is 25.3 Å². The number of carbonyl (C=O) groups is 1. The van der Waals surface area contributed by atoms with Crippen LogP contribution >= 0.6 is 15.9 Å². The van der Waals surface area contributed by atoms with Gasteiger partial charge in [-0.1, -0.05) is 0 Å². The molecule has 1 amide bonds. The number of hydrogen-bond donors (Lipinski definition) is 2. The average Bonchev–Trinajstić information content (AvgIpc) is 2.75. The lowest BCUT2D eigenvalue weighted by Gasteiger charge is -2.17. The van der Waals surface area contributed by atoms with Gasteiger partial charge in [0.1, 0.15) is 5.75 Å². The molecule has 18 heavy (non-hydrogen) atoms. The molecule has 5 heteroatoms. The van der Waals surface area contributed by atoms with Crippen LogP contribution in [0.25, 0.3) is 0 Å². The van der Waals surface area contributed by atoms with Crippen LogP contribution in [0.2, 0.25) is 0 Å². The topological polar surface area (TPSA) is 64.3 Å². The predicted octanol–water partition coefficient (Wildman–Crippen LogP) is 2.07. The first kappa shape index (κ1) is 13.4. The van der Waals surface area contributed by atoms with Crippen molar-refractivity contribution in [2.24, 2.45) is 5.73 Å². The second-order valence-electron chi connectivity index (χ2n) is 4.52. The maximum absolute atomic E-state index is 12.1. The van der Waals surface area contributed by atoms with E-state index in [-0.39, 0.29) is 18.0 Å². The Kier molecular flexibility index (Phi) is 4.24. The van der Waals surface area contributed by atoms with E-state index in [0.29, 0.717) is 11.3 Å². The van der Waals surface area contributed by atoms with Crippen molar-refractivity contribution in [2.75, 3.05) is 7.11 Å². The molecule has 0 saturated heterocycles. The number of rotatable bonds is 3. The Hall–Kier alpha value is -1.07. The van der Waals surface area contributed by atoms with Crippen molar-refractivity contribution < 1.29 is 9.53 Å². The highest BCUT2D eigenvalue weighted by Crippen LogP contribution is 2.26. The third-order valence-corrected chi connectivity index (χ3v) is 3.92. The van der Waals surface area contributed by atoms with Crippen LogP contribution in [-0.2, 0) is 0 Å². The fourth-order valence-electron chi connectivity index (χ4n) is 2.23. The Bertz CT molecular complexity index is 451. The van der Waals surface area contributed by atoms with Gasteiger partial charge in [-0.15, -0.1) is 0 Å². The van der Waals surface area contributed by atoms with E-state index >= 15 is 0 Å². The Morgan fingerprint density at radius 1 is 1.50 bits per heavy atom. The summed E-state index contributed by atoms with van der Waals surface area (Å²) in [5.74, 6) is 0.629. The van der Waals surface area contributed by atoms with E-state index in [4.69, 9.17) is 10.5 Å². The molecule has 2 atom stereocenters. The van der Waals surface area contributed by atoms with Crippen molar-refractivity contribution in [3.63, 3.8) is 0 Å². The Labute approximate surface area is 115 Å². The summed E-state index contributed by atoms with van der Waals surface area (Å²) in [6.07, 6.45) is 3.03. The van der Waals surface area contributed by atoms with Gasteiger partial charge < -0.3 is 15.8 Å². The number of benzene rings is 1. The zero-order valence-corrected chi connectivity index (χ0v) is 11.9. The Morgan fingerprint density at radius 2 is 2.28 bits per heavy atom. The van der Waals surface area contributed by atoms with E-state index in [0.717, 1.165) is 23.7 Å². The molecule has 0 radical (unpaired) electrons. The minimum Gasteiger partial charge on any atom is -0.496 e.